The van der Waals surface area contributed by atoms with E-state index in [4.69, 9.17) is 9.47 Å². The Hall–Kier alpha value is -5.52. The summed E-state index contributed by atoms with van der Waals surface area (Å²) >= 11 is 0. The van der Waals surface area contributed by atoms with Crippen molar-refractivity contribution in [2.45, 2.75) is 77.0 Å². The van der Waals surface area contributed by atoms with Crippen molar-refractivity contribution in [3.8, 4) is 11.1 Å². The van der Waals surface area contributed by atoms with Gasteiger partial charge in [-0.2, -0.15) is 0 Å². The van der Waals surface area contributed by atoms with Crippen molar-refractivity contribution in [1.82, 2.24) is 30.1 Å². The molecule has 2 aromatic heterocycles. The second kappa shape index (κ2) is 13.9. The van der Waals surface area contributed by atoms with Crippen LogP contribution < -0.4 is 5.32 Å². The summed E-state index contributed by atoms with van der Waals surface area (Å²) in [5.41, 5.74) is 4.97. The molecule has 2 N–H and O–H groups in total. The van der Waals surface area contributed by atoms with Gasteiger partial charge in [0.2, 0.25) is 0 Å². The number of rotatable bonds is 11. The average molecular weight is 665 g/mol. The predicted molar refractivity (Wildman–Crippen MR) is 182 cm³/mol. The number of tetrazole rings is 1. The highest BCUT2D eigenvalue weighted by molar-refractivity contribution is 5.92. The van der Waals surface area contributed by atoms with Gasteiger partial charge < -0.3 is 19.9 Å². The second-order valence-corrected chi connectivity index (χ2v) is 13.2. The van der Waals surface area contributed by atoms with Gasteiger partial charge in [-0.3, -0.25) is 4.57 Å². The zero-order valence-electron chi connectivity index (χ0n) is 28.0. The van der Waals surface area contributed by atoms with Crippen molar-refractivity contribution in [2.24, 2.45) is 0 Å². The lowest BCUT2D eigenvalue weighted by molar-refractivity contribution is -0.141. The van der Waals surface area contributed by atoms with Gasteiger partial charge >= 0.3 is 18.2 Å². The van der Waals surface area contributed by atoms with Crippen molar-refractivity contribution < 1.29 is 29.0 Å². The topological polar surface area (TPSA) is 150 Å². The molecule has 5 aromatic rings. The lowest BCUT2D eigenvalue weighted by Gasteiger charge is -2.21. The van der Waals surface area contributed by atoms with Gasteiger partial charge in [-0.05, 0) is 71.5 Å². The normalized spacial score (nSPS) is 13.8. The van der Waals surface area contributed by atoms with E-state index in [9.17, 15) is 19.5 Å². The quantitative estimate of drug-likeness (QED) is 0.151. The van der Waals surface area contributed by atoms with Crippen LogP contribution in [0.3, 0.4) is 0 Å². The molecule has 6 rings (SSSR count). The van der Waals surface area contributed by atoms with Gasteiger partial charge in [0.1, 0.15) is 12.2 Å². The third kappa shape index (κ3) is 7.03. The van der Waals surface area contributed by atoms with Crippen molar-refractivity contribution in [3.05, 3.63) is 102 Å². The molecular formula is C37H40N6O6. The number of benzene rings is 3. The lowest BCUT2D eigenvalue weighted by atomic mass is 9.98. The van der Waals surface area contributed by atoms with Gasteiger partial charge in [0.25, 0.3) is 0 Å². The molecular weight excluding hydrogens is 624 g/mol. The highest BCUT2D eigenvalue weighted by Crippen LogP contribution is 2.44. The van der Waals surface area contributed by atoms with E-state index in [0.29, 0.717) is 23.9 Å². The number of aliphatic carboxylic acids is 1. The van der Waals surface area contributed by atoms with E-state index in [1.807, 2.05) is 67.6 Å². The number of nitrogens with one attached hydrogen (secondary N) is 1. The van der Waals surface area contributed by atoms with Crippen molar-refractivity contribution in [2.75, 3.05) is 6.61 Å². The number of hydrogen-bond acceptors (Lipinski definition) is 8. The smallest absolute Gasteiger partial charge is 0.419 e. The maximum atomic E-state index is 13.6. The first kappa shape index (κ1) is 33.4. The fourth-order valence-corrected chi connectivity index (χ4v) is 6.48. The number of hydrogen-bond donors (Lipinski definition) is 2. The third-order valence-electron chi connectivity index (χ3n) is 8.69. The van der Waals surface area contributed by atoms with E-state index in [0.717, 1.165) is 34.1 Å². The number of para-hydroxylation sites is 1. The minimum absolute atomic E-state index is 0.0870. The van der Waals surface area contributed by atoms with Gasteiger partial charge in [-0.15, -0.1) is 5.10 Å². The molecule has 0 aliphatic heterocycles. The molecule has 3 aromatic carbocycles. The van der Waals surface area contributed by atoms with E-state index in [-0.39, 0.29) is 24.8 Å². The Morgan fingerprint density at radius 1 is 0.959 bits per heavy atom. The third-order valence-corrected chi connectivity index (χ3v) is 8.69. The van der Waals surface area contributed by atoms with Crippen LogP contribution in [0.15, 0.2) is 79.0 Å². The number of aromatic nitrogens is 5. The fraction of sp³-hybridized carbons (Fsp3) is 0.351. The van der Waals surface area contributed by atoms with Crippen LogP contribution in [0.1, 0.15) is 87.5 Å². The second-order valence-electron chi connectivity index (χ2n) is 13.2. The Bertz CT molecular complexity index is 1950. The van der Waals surface area contributed by atoms with Crippen molar-refractivity contribution >= 4 is 29.1 Å². The molecule has 0 bridgehead atoms. The molecule has 12 nitrogen and oxygen atoms in total. The molecule has 2 heterocycles. The summed E-state index contributed by atoms with van der Waals surface area (Å²) in [4.78, 5) is 39.3. The Morgan fingerprint density at radius 3 is 2.27 bits per heavy atom. The number of carbonyl (C=O) groups excluding carboxylic acids is 2. The number of nitrogens with zero attached hydrogens (tertiary/aromatic N) is 5. The van der Waals surface area contributed by atoms with Crippen LogP contribution in [0.5, 0.6) is 0 Å². The Balaban J connectivity index is 1.32. The largest absolute Gasteiger partial charge is 0.480 e. The summed E-state index contributed by atoms with van der Waals surface area (Å²) in [5, 5.41) is 25.9. The van der Waals surface area contributed by atoms with E-state index < -0.39 is 35.8 Å². The van der Waals surface area contributed by atoms with Crippen LogP contribution in [0.2, 0.25) is 0 Å². The number of carboxylic acid groups (broad SMARTS) is 1. The maximum absolute atomic E-state index is 13.6. The molecule has 0 saturated heterocycles. The van der Waals surface area contributed by atoms with Crippen molar-refractivity contribution in [3.63, 3.8) is 0 Å². The molecule has 0 radical (unpaired) electrons. The van der Waals surface area contributed by atoms with Gasteiger partial charge in [0.05, 0.1) is 11.6 Å². The zero-order chi connectivity index (χ0) is 34.7. The molecule has 2 atom stereocenters. The molecule has 0 spiro atoms. The average Bonchev–Trinajstić information content (AvgIpc) is 3.78. The van der Waals surface area contributed by atoms with Crippen LogP contribution in [-0.2, 0) is 20.7 Å². The summed E-state index contributed by atoms with van der Waals surface area (Å²) in [5.74, 6) is -1.08. The first-order valence-corrected chi connectivity index (χ1v) is 16.5. The lowest BCUT2D eigenvalue weighted by Crippen LogP contribution is -2.35. The summed E-state index contributed by atoms with van der Waals surface area (Å²) < 4.78 is 14.2. The number of ether oxygens (including phenoxy) is 2. The van der Waals surface area contributed by atoms with Crippen LogP contribution in [0.4, 0.5) is 9.59 Å². The van der Waals surface area contributed by atoms with Crippen molar-refractivity contribution in [1.29, 1.82) is 0 Å². The number of carbonyl (C=O) groups is 3. The van der Waals surface area contributed by atoms with Gasteiger partial charge in [-0.1, -0.05) is 86.5 Å². The fourth-order valence-electron chi connectivity index (χ4n) is 6.48. The molecule has 12 heteroatoms. The summed E-state index contributed by atoms with van der Waals surface area (Å²) in [6.45, 7) is 7.44. The number of amides is 1. The first-order valence-electron chi connectivity index (χ1n) is 16.5. The molecule has 0 saturated carbocycles. The Labute approximate surface area is 284 Å². The maximum Gasteiger partial charge on any atom is 0.419 e. The zero-order valence-corrected chi connectivity index (χ0v) is 28.0. The molecule has 49 heavy (non-hydrogen) atoms. The number of unbranched alkanes of at least 4 members (excludes halogenated alkanes) is 1. The summed E-state index contributed by atoms with van der Waals surface area (Å²) in [7, 11) is 0. The SMILES string of the molecule is CCCC[C@@H](C(=O)O)n1nnnc1[C@H](Cc1cn(C(=O)OC(C)(C)C)c2ccccc12)NC(=O)OCC1c2ccccc2-c2ccccc21. The van der Waals surface area contributed by atoms with E-state index >= 15 is 0 Å². The summed E-state index contributed by atoms with van der Waals surface area (Å²) in [6.07, 6.45) is 2.27. The Morgan fingerprint density at radius 2 is 1.61 bits per heavy atom. The number of fused-ring (bicyclic) bond motifs is 4. The van der Waals surface area contributed by atoms with Crippen LogP contribution >= 0.6 is 0 Å². The van der Waals surface area contributed by atoms with Gasteiger partial charge in [0.15, 0.2) is 11.9 Å². The number of alkyl carbamates (subject to hydrolysis) is 1. The standard InChI is InChI=1S/C37H40N6O6/c1-5-6-18-32(34(44)45)43-33(39-40-41-43)30(20-23-21-42(36(47)49-37(2,3)4)31-19-12-11-13-24(23)31)38-35(46)48-22-29-27-16-9-7-14-25(27)26-15-8-10-17-28(26)29/h7-17,19,21,29-30,32H,5-6,18,20,22H2,1-4H3,(H,38,46)(H,44,45)/t30-,32-/m0/s1. The predicted octanol–water partition coefficient (Wildman–Crippen LogP) is 7.05. The molecule has 1 aliphatic rings. The molecule has 1 amide bonds. The Kier molecular flexibility index (Phi) is 9.48. The minimum atomic E-state index is -1.08. The van der Waals surface area contributed by atoms with Gasteiger partial charge in [0, 0.05) is 23.9 Å². The van der Waals surface area contributed by atoms with Crippen LogP contribution in [0, 0.1) is 0 Å². The highest BCUT2D eigenvalue weighted by atomic mass is 16.6. The van der Waals surface area contributed by atoms with E-state index in [1.54, 1.807) is 27.0 Å². The monoisotopic (exact) mass is 664 g/mol. The molecule has 254 valence electrons. The molecule has 0 unspecified atom stereocenters. The first-order chi connectivity index (χ1) is 23.6. The summed E-state index contributed by atoms with van der Waals surface area (Å²) in [6, 6.07) is 21.6. The highest BCUT2D eigenvalue weighted by Gasteiger charge is 2.33. The van der Waals surface area contributed by atoms with E-state index in [1.165, 1.54) is 9.25 Å². The van der Waals surface area contributed by atoms with Gasteiger partial charge in [-0.25, -0.2) is 19.1 Å². The number of carboxylic acids is 1. The molecule has 1 aliphatic carbocycles. The van der Waals surface area contributed by atoms with Crippen LogP contribution in [0.25, 0.3) is 22.0 Å². The minimum Gasteiger partial charge on any atom is -0.480 e. The molecule has 0 fully saturated rings. The van der Waals surface area contributed by atoms with Crippen LogP contribution in [-0.4, -0.2) is 60.2 Å². The van der Waals surface area contributed by atoms with E-state index in [2.05, 4.69) is 33.0 Å².